The molecule has 0 amide bonds. The summed E-state index contributed by atoms with van der Waals surface area (Å²) in [5, 5.41) is 10.5. The van der Waals surface area contributed by atoms with E-state index in [1.807, 2.05) is 0 Å². The van der Waals surface area contributed by atoms with Crippen LogP contribution in [0.3, 0.4) is 0 Å². The smallest absolute Gasteiger partial charge is 0.252 e. The summed E-state index contributed by atoms with van der Waals surface area (Å²) in [4.78, 5) is 15.2. The fourth-order valence-electron chi connectivity index (χ4n) is 2.82. The van der Waals surface area contributed by atoms with Crippen LogP contribution < -0.4 is 10.3 Å². The third-order valence-corrected chi connectivity index (χ3v) is 6.39. The summed E-state index contributed by atoms with van der Waals surface area (Å²) in [6, 6.07) is 12.5. The third kappa shape index (κ3) is 4.20. The topological polar surface area (TPSA) is 99.7 Å². The highest BCUT2D eigenvalue weighted by atomic mass is 35.5. The van der Waals surface area contributed by atoms with Crippen LogP contribution in [0.4, 0.5) is 0 Å². The molecule has 0 saturated heterocycles. The van der Waals surface area contributed by atoms with Crippen LogP contribution in [0.1, 0.15) is 5.56 Å². The Bertz CT molecular complexity index is 1140. The number of fused-ring (bicyclic) bond motifs is 1. The van der Waals surface area contributed by atoms with Gasteiger partial charge in [-0.3, -0.25) is 4.79 Å². The molecule has 0 spiro atoms. The summed E-state index contributed by atoms with van der Waals surface area (Å²) >= 11 is 5.83. The van der Waals surface area contributed by atoms with Crippen molar-refractivity contribution in [1.29, 1.82) is 0 Å². The number of nitrogens with one attached hydrogen (secondary N) is 1. The highest BCUT2D eigenvalue weighted by molar-refractivity contribution is 7.89. The van der Waals surface area contributed by atoms with Gasteiger partial charge in [-0.2, -0.15) is 4.31 Å². The molecule has 0 radical (unpaired) electrons. The number of methoxy groups -OCH3 is 1. The van der Waals surface area contributed by atoms with E-state index >= 15 is 0 Å². The van der Waals surface area contributed by atoms with Gasteiger partial charge in [-0.1, -0.05) is 11.6 Å². The number of aliphatic hydroxyl groups is 1. The second-order valence-electron chi connectivity index (χ2n) is 6.09. The average molecular weight is 423 g/mol. The van der Waals surface area contributed by atoms with Gasteiger partial charge in [0.05, 0.1) is 18.6 Å². The second kappa shape index (κ2) is 8.32. The number of aromatic amines is 1. The monoisotopic (exact) mass is 422 g/mol. The van der Waals surface area contributed by atoms with Crippen LogP contribution in [0.15, 0.2) is 58.2 Å². The SMILES string of the molecule is COc1ccc2[nH]c(=O)c(CN(CCO)S(=O)(=O)c3ccc(Cl)cc3)cc2c1. The number of nitrogens with zero attached hydrogens (tertiary/aromatic N) is 1. The minimum Gasteiger partial charge on any atom is -0.497 e. The van der Waals surface area contributed by atoms with Crippen molar-refractivity contribution in [2.45, 2.75) is 11.4 Å². The number of hydrogen-bond acceptors (Lipinski definition) is 5. The van der Waals surface area contributed by atoms with Gasteiger partial charge in [-0.05, 0) is 48.5 Å². The number of ether oxygens (including phenoxy) is 1. The van der Waals surface area contributed by atoms with E-state index in [4.69, 9.17) is 16.3 Å². The highest BCUT2D eigenvalue weighted by Gasteiger charge is 2.25. The Morgan fingerprint density at radius 3 is 2.50 bits per heavy atom. The summed E-state index contributed by atoms with van der Waals surface area (Å²) in [6.45, 7) is -0.722. The lowest BCUT2D eigenvalue weighted by Gasteiger charge is -2.21. The molecule has 28 heavy (non-hydrogen) atoms. The number of sulfonamides is 1. The predicted molar refractivity (Wildman–Crippen MR) is 107 cm³/mol. The number of pyridine rings is 1. The van der Waals surface area contributed by atoms with Crippen LogP contribution in [-0.4, -0.2) is 43.1 Å². The van der Waals surface area contributed by atoms with Gasteiger partial charge in [0.15, 0.2) is 0 Å². The minimum absolute atomic E-state index is 0.0317. The number of benzene rings is 2. The van der Waals surface area contributed by atoms with Crippen LogP contribution in [0, 0.1) is 0 Å². The van der Waals surface area contributed by atoms with E-state index in [-0.39, 0.29) is 30.2 Å². The maximum Gasteiger partial charge on any atom is 0.252 e. The summed E-state index contributed by atoms with van der Waals surface area (Å²) in [7, 11) is -2.39. The first-order chi connectivity index (χ1) is 13.3. The molecule has 1 heterocycles. The minimum atomic E-state index is -3.92. The lowest BCUT2D eigenvalue weighted by atomic mass is 10.1. The molecule has 3 aromatic rings. The standard InChI is InChI=1S/C19H19ClN2O5S/c1-27-16-4-7-18-13(11-16)10-14(19(24)21-18)12-22(8-9-23)28(25,26)17-5-2-15(20)3-6-17/h2-7,10-11,23H,8-9,12H2,1H3,(H,21,24). The van der Waals surface area contributed by atoms with E-state index in [2.05, 4.69) is 4.98 Å². The Balaban J connectivity index is 2.01. The maximum atomic E-state index is 13.0. The van der Waals surface area contributed by atoms with E-state index in [9.17, 15) is 18.3 Å². The van der Waals surface area contributed by atoms with Crippen molar-refractivity contribution in [3.63, 3.8) is 0 Å². The molecule has 2 aromatic carbocycles. The molecule has 0 saturated carbocycles. The van der Waals surface area contributed by atoms with E-state index in [1.165, 1.54) is 31.4 Å². The van der Waals surface area contributed by atoms with Gasteiger partial charge < -0.3 is 14.8 Å². The molecule has 0 atom stereocenters. The largest absolute Gasteiger partial charge is 0.497 e. The summed E-state index contributed by atoms with van der Waals surface area (Å²) in [5.74, 6) is 0.617. The van der Waals surface area contributed by atoms with Crippen LogP contribution >= 0.6 is 11.6 Å². The van der Waals surface area contributed by atoms with E-state index in [1.54, 1.807) is 24.3 Å². The molecule has 9 heteroatoms. The van der Waals surface area contributed by atoms with Crippen LogP contribution in [0.2, 0.25) is 5.02 Å². The summed E-state index contributed by atoms with van der Waals surface area (Å²) in [6.07, 6.45) is 0. The Hall–Kier alpha value is -2.39. The Morgan fingerprint density at radius 1 is 1.14 bits per heavy atom. The van der Waals surface area contributed by atoms with Crippen molar-refractivity contribution in [2.75, 3.05) is 20.3 Å². The van der Waals surface area contributed by atoms with E-state index in [0.29, 0.717) is 21.7 Å². The molecule has 3 rings (SSSR count). The van der Waals surface area contributed by atoms with Gasteiger partial charge in [0.2, 0.25) is 10.0 Å². The third-order valence-electron chi connectivity index (χ3n) is 4.28. The highest BCUT2D eigenvalue weighted by Crippen LogP contribution is 2.22. The lowest BCUT2D eigenvalue weighted by molar-refractivity contribution is 0.251. The summed E-state index contributed by atoms with van der Waals surface area (Å²) < 4.78 is 32.2. The fraction of sp³-hybridized carbons (Fsp3) is 0.211. The zero-order valence-electron chi connectivity index (χ0n) is 15.1. The van der Waals surface area contributed by atoms with Gasteiger partial charge in [-0.15, -0.1) is 0 Å². The Kier molecular flexibility index (Phi) is 6.04. The zero-order valence-corrected chi connectivity index (χ0v) is 16.6. The van der Waals surface area contributed by atoms with Crippen molar-refractivity contribution in [1.82, 2.24) is 9.29 Å². The summed E-state index contributed by atoms with van der Waals surface area (Å²) in [5.41, 5.74) is 0.475. The fourth-order valence-corrected chi connectivity index (χ4v) is 4.35. The number of hydrogen-bond donors (Lipinski definition) is 2. The molecule has 0 unspecified atom stereocenters. The zero-order chi connectivity index (χ0) is 20.3. The van der Waals surface area contributed by atoms with E-state index in [0.717, 1.165) is 4.31 Å². The molecule has 0 fully saturated rings. The number of aromatic nitrogens is 1. The molecule has 1 aromatic heterocycles. The number of H-pyrrole nitrogens is 1. The van der Waals surface area contributed by atoms with Gasteiger partial charge in [0, 0.05) is 34.6 Å². The van der Waals surface area contributed by atoms with Crippen molar-refractivity contribution in [2.24, 2.45) is 0 Å². The molecular weight excluding hydrogens is 404 g/mol. The quantitative estimate of drug-likeness (QED) is 0.609. The first-order valence-electron chi connectivity index (χ1n) is 8.41. The van der Waals surface area contributed by atoms with Crippen molar-refractivity contribution < 1.29 is 18.3 Å². The maximum absolute atomic E-state index is 13.0. The average Bonchev–Trinajstić information content (AvgIpc) is 2.68. The Morgan fingerprint density at radius 2 is 1.86 bits per heavy atom. The lowest BCUT2D eigenvalue weighted by Crippen LogP contribution is -2.35. The first kappa shape index (κ1) is 20.3. The van der Waals surface area contributed by atoms with Gasteiger partial charge in [-0.25, -0.2) is 8.42 Å². The first-order valence-corrected chi connectivity index (χ1v) is 10.2. The van der Waals surface area contributed by atoms with E-state index < -0.39 is 15.6 Å². The molecule has 0 aliphatic rings. The normalized spacial score (nSPS) is 11.9. The second-order valence-corrected chi connectivity index (χ2v) is 8.47. The molecule has 0 bridgehead atoms. The Labute approximate surface area is 167 Å². The van der Waals surface area contributed by atoms with Crippen LogP contribution in [0.25, 0.3) is 10.9 Å². The van der Waals surface area contributed by atoms with Crippen LogP contribution in [0.5, 0.6) is 5.75 Å². The van der Waals surface area contributed by atoms with Crippen molar-refractivity contribution in [3.8, 4) is 5.75 Å². The number of rotatable bonds is 7. The molecule has 0 aliphatic heterocycles. The van der Waals surface area contributed by atoms with Gasteiger partial charge in [0.1, 0.15) is 5.75 Å². The van der Waals surface area contributed by atoms with Crippen LogP contribution in [-0.2, 0) is 16.6 Å². The molecule has 148 valence electrons. The van der Waals surface area contributed by atoms with Gasteiger partial charge in [0.25, 0.3) is 5.56 Å². The molecule has 7 nitrogen and oxygen atoms in total. The van der Waals surface area contributed by atoms with Gasteiger partial charge >= 0.3 is 0 Å². The van der Waals surface area contributed by atoms with Crippen molar-refractivity contribution in [3.05, 3.63) is 69.5 Å². The molecular formula is C19H19ClN2O5S. The predicted octanol–water partition coefficient (Wildman–Crippen LogP) is 2.37. The molecule has 2 N–H and O–H groups in total. The molecule has 0 aliphatic carbocycles. The van der Waals surface area contributed by atoms with Crippen molar-refractivity contribution >= 4 is 32.5 Å². The number of aliphatic hydroxyl groups excluding tert-OH is 1. The number of halogens is 1.